The summed E-state index contributed by atoms with van der Waals surface area (Å²) >= 11 is 0. The third-order valence-electron chi connectivity index (χ3n) is 4.15. The first kappa shape index (κ1) is 24.3. The van der Waals surface area contributed by atoms with Gasteiger partial charge in [-0.2, -0.15) is 0 Å². The lowest BCUT2D eigenvalue weighted by Crippen LogP contribution is -2.27. The van der Waals surface area contributed by atoms with Gasteiger partial charge in [-0.15, -0.1) is 6.42 Å². The van der Waals surface area contributed by atoms with Crippen LogP contribution in [0.5, 0.6) is 0 Å². The number of alkyl carbamates (subject to hydrolysis) is 1. The number of terminal acetylenes is 1. The number of carbonyl (C=O) groups is 2. The summed E-state index contributed by atoms with van der Waals surface area (Å²) in [6, 6.07) is 0. The average molecular weight is 368 g/mol. The Balaban J connectivity index is 3.23. The summed E-state index contributed by atoms with van der Waals surface area (Å²) in [5.41, 5.74) is 0. The van der Waals surface area contributed by atoms with Crippen LogP contribution in [0.4, 0.5) is 4.79 Å². The topological polar surface area (TPSA) is 64.6 Å². The highest BCUT2D eigenvalue weighted by Crippen LogP contribution is 2.11. The van der Waals surface area contributed by atoms with Crippen LogP contribution in [0, 0.1) is 12.3 Å². The molecule has 0 saturated carbocycles. The molecule has 0 bridgehead atoms. The first-order chi connectivity index (χ1) is 12.7. The Labute approximate surface area is 159 Å². The maximum atomic E-state index is 11.5. The summed E-state index contributed by atoms with van der Waals surface area (Å²) in [7, 11) is 0. The molecule has 1 N–H and O–H groups in total. The minimum atomic E-state index is -0.614. The minimum absolute atomic E-state index is 0.0742. The van der Waals surface area contributed by atoms with E-state index in [2.05, 4.69) is 22.9 Å². The average Bonchev–Trinajstić information content (AvgIpc) is 2.63. The monoisotopic (exact) mass is 367 g/mol. The van der Waals surface area contributed by atoms with E-state index in [-0.39, 0.29) is 25.5 Å². The molecule has 0 aromatic heterocycles. The summed E-state index contributed by atoms with van der Waals surface area (Å²) in [6.07, 6.45) is 19.8. The lowest BCUT2D eigenvalue weighted by Gasteiger charge is -2.06. The van der Waals surface area contributed by atoms with Crippen LogP contribution in [0.2, 0.25) is 0 Å². The van der Waals surface area contributed by atoms with E-state index in [0.717, 1.165) is 12.8 Å². The van der Waals surface area contributed by atoms with E-state index in [4.69, 9.17) is 11.2 Å². The van der Waals surface area contributed by atoms with Gasteiger partial charge in [0.25, 0.3) is 0 Å². The quantitative estimate of drug-likeness (QED) is 0.224. The van der Waals surface area contributed by atoms with Gasteiger partial charge in [0.2, 0.25) is 0 Å². The van der Waals surface area contributed by atoms with Gasteiger partial charge in [-0.05, 0) is 6.42 Å². The highest BCUT2D eigenvalue weighted by Gasteiger charge is 2.05. The Morgan fingerprint density at radius 3 is 1.92 bits per heavy atom. The number of rotatable bonds is 17. The fourth-order valence-electron chi connectivity index (χ4n) is 2.63. The molecule has 0 heterocycles. The Bertz CT molecular complexity index is 390. The van der Waals surface area contributed by atoms with Gasteiger partial charge in [0.1, 0.15) is 0 Å². The molecule has 5 nitrogen and oxygen atoms in total. The summed E-state index contributed by atoms with van der Waals surface area (Å²) in [4.78, 5) is 22.6. The van der Waals surface area contributed by atoms with Crippen molar-refractivity contribution in [2.75, 3.05) is 19.8 Å². The Kier molecular flexibility index (Phi) is 18.3. The normalized spacial score (nSPS) is 10.2. The molecule has 0 unspecified atom stereocenters. The molecule has 0 aliphatic heterocycles. The molecule has 0 aliphatic carbocycles. The Morgan fingerprint density at radius 1 is 0.846 bits per heavy atom. The van der Waals surface area contributed by atoms with Crippen molar-refractivity contribution in [1.29, 1.82) is 0 Å². The molecule has 150 valence electrons. The zero-order valence-corrected chi connectivity index (χ0v) is 16.5. The van der Waals surface area contributed by atoms with Crippen molar-refractivity contribution in [3.8, 4) is 12.3 Å². The van der Waals surface area contributed by atoms with Gasteiger partial charge >= 0.3 is 12.1 Å². The van der Waals surface area contributed by atoms with Crippen LogP contribution in [0.15, 0.2) is 0 Å². The van der Waals surface area contributed by atoms with E-state index in [1.54, 1.807) is 0 Å². The number of hydrogen-bond acceptors (Lipinski definition) is 4. The highest BCUT2D eigenvalue weighted by molar-refractivity contribution is 5.71. The van der Waals surface area contributed by atoms with Crippen LogP contribution < -0.4 is 5.32 Å². The van der Waals surface area contributed by atoms with Crippen molar-refractivity contribution >= 4 is 12.1 Å². The lowest BCUT2D eigenvalue weighted by atomic mass is 10.1. The van der Waals surface area contributed by atoms with E-state index < -0.39 is 6.09 Å². The summed E-state index contributed by atoms with van der Waals surface area (Å²) in [6.45, 7) is 2.83. The second-order valence-electron chi connectivity index (χ2n) is 6.57. The van der Waals surface area contributed by atoms with Crippen LogP contribution in [0.25, 0.3) is 0 Å². The first-order valence-corrected chi connectivity index (χ1v) is 10.2. The van der Waals surface area contributed by atoms with E-state index in [1.165, 1.54) is 64.2 Å². The van der Waals surface area contributed by atoms with Crippen LogP contribution in [0.1, 0.15) is 90.4 Å². The molecule has 5 heteroatoms. The summed E-state index contributed by atoms with van der Waals surface area (Å²) in [5, 5.41) is 2.44. The van der Waals surface area contributed by atoms with Gasteiger partial charge in [-0.3, -0.25) is 4.79 Å². The minimum Gasteiger partial charge on any atom is -0.466 e. The number of amides is 1. The number of esters is 1. The van der Waals surface area contributed by atoms with Crippen LogP contribution >= 0.6 is 0 Å². The van der Waals surface area contributed by atoms with Gasteiger partial charge in [-0.1, -0.05) is 83.5 Å². The fraction of sp³-hybridized carbons (Fsp3) is 0.810. The molecular formula is C21H37NO4. The van der Waals surface area contributed by atoms with Crippen molar-refractivity contribution in [2.24, 2.45) is 0 Å². The summed E-state index contributed by atoms with van der Waals surface area (Å²) < 4.78 is 9.75. The molecule has 0 aromatic rings. The number of carbonyl (C=O) groups excluding carboxylic acids is 2. The summed E-state index contributed by atoms with van der Waals surface area (Å²) in [5.74, 6) is 1.89. The molecule has 0 spiro atoms. The third-order valence-corrected chi connectivity index (χ3v) is 4.15. The maximum Gasteiger partial charge on any atom is 0.408 e. The molecule has 0 aromatic carbocycles. The van der Waals surface area contributed by atoms with Gasteiger partial charge in [0, 0.05) is 6.54 Å². The number of ether oxygens (including phenoxy) is 2. The predicted molar refractivity (Wildman–Crippen MR) is 105 cm³/mol. The second-order valence-corrected chi connectivity index (χ2v) is 6.57. The van der Waals surface area contributed by atoms with Crippen molar-refractivity contribution in [3.05, 3.63) is 0 Å². The van der Waals surface area contributed by atoms with Gasteiger partial charge < -0.3 is 14.8 Å². The molecule has 0 rings (SSSR count). The number of hydrogen-bond donors (Lipinski definition) is 1. The van der Waals surface area contributed by atoms with Crippen molar-refractivity contribution in [2.45, 2.75) is 90.4 Å². The molecule has 26 heavy (non-hydrogen) atoms. The SMILES string of the molecule is C#CCOC(=O)NCCC(=O)OCCCCCCCCCCCCCC. The Morgan fingerprint density at radius 2 is 1.38 bits per heavy atom. The maximum absolute atomic E-state index is 11.5. The molecule has 0 fully saturated rings. The van der Waals surface area contributed by atoms with Gasteiger partial charge in [0.05, 0.1) is 13.0 Å². The van der Waals surface area contributed by atoms with E-state index >= 15 is 0 Å². The molecule has 1 amide bonds. The molecule has 0 atom stereocenters. The Hall–Kier alpha value is -1.70. The molecular weight excluding hydrogens is 330 g/mol. The van der Waals surface area contributed by atoms with Crippen LogP contribution in [0.3, 0.4) is 0 Å². The fourth-order valence-corrected chi connectivity index (χ4v) is 2.63. The van der Waals surface area contributed by atoms with Gasteiger partial charge in [0.15, 0.2) is 6.61 Å². The molecule has 0 saturated heterocycles. The molecule has 0 radical (unpaired) electrons. The first-order valence-electron chi connectivity index (χ1n) is 10.2. The number of unbranched alkanes of at least 4 members (excludes halogenated alkanes) is 11. The van der Waals surface area contributed by atoms with E-state index in [9.17, 15) is 9.59 Å². The van der Waals surface area contributed by atoms with Crippen molar-refractivity contribution < 1.29 is 19.1 Å². The van der Waals surface area contributed by atoms with Crippen LogP contribution in [-0.4, -0.2) is 31.8 Å². The largest absolute Gasteiger partial charge is 0.466 e. The van der Waals surface area contributed by atoms with Gasteiger partial charge in [-0.25, -0.2) is 4.79 Å². The van der Waals surface area contributed by atoms with Crippen molar-refractivity contribution in [1.82, 2.24) is 5.32 Å². The van der Waals surface area contributed by atoms with Crippen LogP contribution in [-0.2, 0) is 14.3 Å². The second kappa shape index (κ2) is 19.6. The zero-order valence-electron chi connectivity index (χ0n) is 16.5. The van der Waals surface area contributed by atoms with Crippen molar-refractivity contribution in [3.63, 3.8) is 0 Å². The van der Waals surface area contributed by atoms with E-state index in [0.29, 0.717) is 6.61 Å². The number of nitrogens with one attached hydrogen (secondary N) is 1. The lowest BCUT2D eigenvalue weighted by molar-refractivity contribution is -0.143. The predicted octanol–water partition coefficient (Wildman–Crippen LogP) is 4.98. The third kappa shape index (κ3) is 18.6. The zero-order chi connectivity index (χ0) is 19.3. The smallest absolute Gasteiger partial charge is 0.408 e. The molecule has 0 aliphatic rings. The highest BCUT2D eigenvalue weighted by atomic mass is 16.5. The standard InChI is InChI=1S/C21H37NO4/c1-3-5-6-7-8-9-10-11-12-13-14-15-19-25-20(23)16-17-22-21(24)26-18-4-2/h2H,3,5-19H2,1H3,(H,22,24). The van der Waals surface area contributed by atoms with E-state index in [1.807, 2.05) is 0 Å².